The van der Waals surface area contributed by atoms with Crippen LogP contribution in [0.5, 0.6) is 0 Å². The number of hydrogen-bond acceptors (Lipinski definition) is 2. The molecule has 0 aromatic rings. The van der Waals surface area contributed by atoms with Gasteiger partial charge in [0.25, 0.3) is 0 Å². The second kappa shape index (κ2) is 3.62. The molecule has 35 valence electrons. The Hall–Kier alpha value is 0.440. The molecule has 2 heteroatoms. The fourth-order valence-electron chi connectivity index (χ4n) is 0.0745. The van der Waals surface area contributed by atoms with Crippen LogP contribution in [0.1, 0.15) is 6.92 Å². The van der Waals surface area contributed by atoms with Gasteiger partial charge >= 0.3 is 0 Å². The Morgan fingerprint density at radius 3 is 2.17 bits per heavy atom. The lowest BCUT2D eigenvalue weighted by Gasteiger charge is -1.82. The predicted molar refractivity (Wildman–Crippen MR) is 36.0 cm³/mol. The van der Waals surface area contributed by atoms with Crippen molar-refractivity contribution >= 4 is 25.3 Å². The molecular formula is C4H7S2. The van der Waals surface area contributed by atoms with E-state index >= 15 is 0 Å². The minimum atomic E-state index is 0.901. The number of hydrogen-bond donors (Lipinski definition) is 2. The summed E-state index contributed by atoms with van der Waals surface area (Å²) in [5.74, 6) is 1.64. The normalized spacial score (nSPS) is 12.2. The molecule has 0 unspecified atom stereocenters. The molecule has 0 heterocycles. The fraction of sp³-hybridized carbons (Fsp3) is 0.250. The molecular weight excluding hydrogens is 112 g/mol. The largest absolute Gasteiger partial charge is 0.169 e. The van der Waals surface area contributed by atoms with Gasteiger partial charge in [-0.2, -0.15) is 12.6 Å². The van der Waals surface area contributed by atoms with E-state index in [0.29, 0.717) is 0 Å². The average Bonchev–Trinajstić information content (AvgIpc) is 1.65. The quantitative estimate of drug-likeness (QED) is 0.484. The van der Waals surface area contributed by atoms with Gasteiger partial charge in [0, 0.05) is 5.75 Å². The molecule has 0 saturated heterocycles. The van der Waals surface area contributed by atoms with Crippen molar-refractivity contribution in [3.8, 4) is 0 Å². The zero-order valence-corrected chi connectivity index (χ0v) is 5.34. The van der Waals surface area contributed by atoms with Crippen molar-refractivity contribution in [2.75, 3.05) is 0 Å². The molecule has 0 aliphatic heterocycles. The first-order chi connectivity index (χ1) is 2.81. The van der Waals surface area contributed by atoms with Gasteiger partial charge in [-0.25, -0.2) is 0 Å². The van der Waals surface area contributed by atoms with Crippen molar-refractivity contribution < 1.29 is 0 Å². The van der Waals surface area contributed by atoms with E-state index < -0.39 is 0 Å². The van der Waals surface area contributed by atoms with Crippen molar-refractivity contribution in [2.45, 2.75) is 6.92 Å². The van der Waals surface area contributed by atoms with Crippen LogP contribution in [-0.2, 0) is 0 Å². The summed E-state index contributed by atoms with van der Waals surface area (Å²) in [4.78, 5) is 0.901. The van der Waals surface area contributed by atoms with Crippen LogP contribution in [-0.4, -0.2) is 0 Å². The van der Waals surface area contributed by atoms with E-state index in [9.17, 15) is 0 Å². The Balaban J connectivity index is 3.22. The minimum absolute atomic E-state index is 0.901. The van der Waals surface area contributed by atoms with Crippen LogP contribution in [0.3, 0.4) is 0 Å². The molecule has 0 saturated carbocycles. The fourth-order valence-corrected chi connectivity index (χ4v) is 0.224. The lowest BCUT2D eigenvalue weighted by Crippen LogP contribution is -1.57. The van der Waals surface area contributed by atoms with Crippen molar-refractivity contribution in [1.82, 2.24) is 0 Å². The highest BCUT2D eigenvalue weighted by Crippen LogP contribution is 2.05. The van der Waals surface area contributed by atoms with E-state index in [2.05, 4.69) is 25.3 Å². The molecule has 0 N–H and O–H groups in total. The van der Waals surface area contributed by atoms with E-state index in [1.807, 2.05) is 13.0 Å². The third-order valence-corrected chi connectivity index (χ3v) is 1.30. The summed E-state index contributed by atoms with van der Waals surface area (Å²) in [6.45, 7) is 1.91. The molecule has 0 nitrogen and oxygen atoms in total. The molecule has 0 bridgehead atoms. The Labute approximate surface area is 49.5 Å². The maximum Gasteiger partial charge on any atom is 0.0482 e. The summed E-state index contributed by atoms with van der Waals surface area (Å²) in [7, 11) is 0. The smallest absolute Gasteiger partial charge is 0.0482 e. The molecule has 0 aromatic heterocycles. The molecule has 0 aromatic carbocycles. The van der Waals surface area contributed by atoms with Gasteiger partial charge in [0.1, 0.15) is 0 Å². The van der Waals surface area contributed by atoms with Crippen LogP contribution in [0, 0.1) is 5.75 Å². The first-order valence-electron chi connectivity index (χ1n) is 1.64. The lowest BCUT2D eigenvalue weighted by atomic mass is 10.6. The van der Waals surface area contributed by atoms with Crippen molar-refractivity contribution in [2.24, 2.45) is 0 Å². The third-order valence-electron chi connectivity index (χ3n) is 0.428. The summed E-state index contributed by atoms with van der Waals surface area (Å²) >= 11 is 7.78. The third kappa shape index (κ3) is 2.67. The Morgan fingerprint density at radius 1 is 1.67 bits per heavy atom. The summed E-state index contributed by atoms with van der Waals surface area (Å²) < 4.78 is 0. The minimum Gasteiger partial charge on any atom is -0.169 e. The van der Waals surface area contributed by atoms with Crippen LogP contribution in [0.4, 0.5) is 0 Å². The first kappa shape index (κ1) is 6.44. The van der Waals surface area contributed by atoms with Crippen molar-refractivity contribution in [3.63, 3.8) is 0 Å². The molecule has 0 atom stereocenters. The van der Waals surface area contributed by atoms with Crippen LogP contribution >= 0.6 is 25.3 Å². The van der Waals surface area contributed by atoms with Crippen molar-refractivity contribution in [1.29, 1.82) is 0 Å². The maximum absolute atomic E-state index is 3.96. The Kier molecular flexibility index (Phi) is 3.89. The highest BCUT2D eigenvalue weighted by molar-refractivity contribution is 7.88. The van der Waals surface area contributed by atoms with E-state index in [1.165, 1.54) is 0 Å². The maximum atomic E-state index is 3.96. The highest BCUT2D eigenvalue weighted by atomic mass is 32.1. The molecule has 1 radical (unpaired) electrons. The zero-order chi connectivity index (χ0) is 4.99. The van der Waals surface area contributed by atoms with Crippen LogP contribution in [0.15, 0.2) is 11.0 Å². The number of thiol groups is 2. The molecule has 6 heavy (non-hydrogen) atoms. The molecule has 0 aliphatic carbocycles. The highest BCUT2D eigenvalue weighted by Gasteiger charge is 1.76. The van der Waals surface area contributed by atoms with Gasteiger partial charge in [0.05, 0.1) is 0 Å². The number of allylic oxidation sites excluding steroid dienone is 1. The van der Waals surface area contributed by atoms with Gasteiger partial charge < -0.3 is 0 Å². The van der Waals surface area contributed by atoms with Gasteiger partial charge in [0.2, 0.25) is 0 Å². The average molecular weight is 119 g/mol. The van der Waals surface area contributed by atoms with Gasteiger partial charge in [-0.15, -0.1) is 12.6 Å². The monoisotopic (exact) mass is 119 g/mol. The molecule has 0 aliphatic rings. The molecule has 0 amide bonds. The Morgan fingerprint density at radius 2 is 2.17 bits per heavy atom. The van der Waals surface area contributed by atoms with Gasteiger partial charge in [-0.05, 0) is 11.8 Å². The summed E-state index contributed by atoms with van der Waals surface area (Å²) in [5.41, 5.74) is 0. The summed E-state index contributed by atoms with van der Waals surface area (Å²) in [6, 6.07) is 0. The van der Waals surface area contributed by atoms with Crippen LogP contribution in [0.25, 0.3) is 0 Å². The molecule has 0 spiro atoms. The second-order valence-corrected chi connectivity index (χ2v) is 1.62. The summed E-state index contributed by atoms with van der Waals surface area (Å²) in [5, 5.41) is 0. The van der Waals surface area contributed by atoms with E-state index in [1.54, 1.807) is 5.75 Å². The molecule has 0 rings (SSSR count). The first-order valence-corrected chi connectivity index (χ1v) is 2.60. The van der Waals surface area contributed by atoms with Crippen molar-refractivity contribution in [3.05, 3.63) is 16.7 Å². The topological polar surface area (TPSA) is 0 Å². The van der Waals surface area contributed by atoms with E-state index in [-0.39, 0.29) is 0 Å². The van der Waals surface area contributed by atoms with E-state index in [0.717, 1.165) is 4.91 Å². The van der Waals surface area contributed by atoms with Gasteiger partial charge in [-0.1, -0.05) is 6.08 Å². The molecule has 0 fully saturated rings. The van der Waals surface area contributed by atoms with Crippen LogP contribution in [0.2, 0.25) is 0 Å². The standard InChI is InChI=1S/C4H7S2/c1-2-4(6)3-5/h2-3,5-6H,1H3. The predicted octanol–water partition coefficient (Wildman–Crippen LogP) is 1.91. The van der Waals surface area contributed by atoms with E-state index in [4.69, 9.17) is 0 Å². The van der Waals surface area contributed by atoms with Gasteiger partial charge in [-0.3, -0.25) is 0 Å². The lowest BCUT2D eigenvalue weighted by molar-refractivity contribution is 1.71. The SMILES string of the molecule is CC=C(S)[CH]S. The zero-order valence-electron chi connectivity index (χ0n) is 3.55. The second-order valence-electron chi connectivity index (χ2n) is 0.843. The van der Waals surface area contributed by atoms with Crippen LogP contribution < -0.4 is 0 Å². The number of rotatable bonds is 1. The summed E-state index contributed by atoms with van der Waals surface area (Å²) in [6.07, 6.45) is 1.87. The Bertz CT molecular complexity index is 56.6. The van der Waals surface area contributed by atoms with Gasteiger partial charge in [0.15, 0.2) is 0 Å².